The van der Waals surface area contributed by atoms with E-state index in [1.165, 1.54) is 4.90 Å². The molecule has 2 aliphatic heterocycles. The molecule has 5 nitrogen and oxygen atoms in total. The van der Waals surface area contributed by atoms with Crippen molar-refractivity contribution in [3.05, 3.63) is 29.8 Å². The highest BCUT2D eigenvalue weighted by Crippen LogP contribution is 2.29. The highest BCUT2D eigenvalue weighted by atomic mass is 16.5. The summed E-state index contributed by atoms with van der Waals surface area (Å²) in [7, 11) is 0. The number of carbonyl (C=O) groups excluding carboxylic acids is 1. The van der Waals surface area contributed by atoms with E-state index < -0.39 is 18.3 Å². The number of aliphatic hydroxyl groups is 2. The van der Waals surface area contributed by atoms with Crippen LogP contribution >= 0.6 is 0 Å². The van der Waals surface area contributed by atoms with Crippen molar-refractivity contribution in [2.24, 2.45) is 0 Å². The smallest absolute Gasteiger partial charge is 0.264 e. The lowest BCUT2D eigenvalue weighted by molar-refractivity contribution is -0.137. The van der Waals surface area contributed by atoms with Gasteiger partial charge in [-0.05, 0) is 11.6 Å². The van der Waals surface area contributed by atoms with Crippen LogP contribution < -0.4 is 4.74 Å². The molecular formula is C13H15NO4. The Morgan fingerprint density at radius 2 is 1.89 bits per heavy atom. The molecule has 1 fully saturated rings. The number of rotatable bonds is 1. The average molecular weight is 249 g/mol. The van der Waals surface area contributed by atoms with Gasteiger partial charge < -0.3 is 19.8 Å². The molecule has 18 heavy (non-hydrogen) atoms. The number of ether oxygens (including phenoxy) is 1. The third kappa shape index (κ3) is 1.85. The Morgan fingerprint density at radius 1 is 1.22 bits per heavy atom. The standard InChI is InChI=1S/C13H15NO4/c15-9-6-14(7-10(9)16)13(17)12-5-8-3-1-2-4-11(8)18-12/h1-4,9-10,12,15-16H,5-7H2. The van der Waals surface area contributed by atoms with Crippen molar-refractivity contribution >= 4 is 5.91 Å². The first-order valence-electron chi connectivity index (χ1n) is 6.04. The number of aliphatic hydroxyl groups excluding tert-OH is 2. The van der Waals surface area contributed by atoms with Crippen molar-refractivity contribution in [2.45, 2.75) is 24.7 Å². The molecule has 2 heterocycles. The maximum atomic E-state index is 12.2. The summed E-state index contributed by atoms with van der Waals surface area (Å²) >= 11 is 0. The summed E-state index contributed by atoms with van der Waals surface area (Å²) in [4.78, 5) is 13.7. The number of likely N-dealkylation sites (tertiary alicyclic amines) is 1. The summed E-state index contributed by atoms with van der Waals surface area (Å²) in [6.07, 6.45) is -1.67. The number of benzene rings is 1. The molecule has 96 valence electrons. The first-order chi connectivity index (χ1) is 8.65. The van der Waals surface area contributed by atoms with Gasteiger partial charge in [0.05, 0.1) is 12.2 Å². The van der Waals surface area contributed by atoms with Crippen molar-refractivity contribution in [1.82, 2.24) is 4.90 Å². The first kappa shape index (κ1) is 11.5. The second-order valence-electron chi connectivity index (χ2n) is 4.80. The zero-order valence-corrected chi connectivity index (χ0v) is 9.82. The van der Waals surface area contributed by atoms with Gasteiger partial charge in [-0.2, -0.15) is 0 Å². The van der Waals surface area contributed by atoms with E-state index in [0.29, 0.717) is 6.42 Å². The molecule has 5 heteroatoms. The van der Waals surface area contributed by atoms with Crippen LogP contribution in [0.2, 0.25) is 0 Å². The number of hydrogen-bond acceptors (Lipinski definition) is 4. The van der Waals surface area contributed by atoms with Crippen LogP contribution in [0, 0.1) is 0 Å². The normalized spacial score (nSPS) is 30.1. The van der Waals surface area contributed by atoms with Crippen molar-refractivity contribution < 1.29 is 19.7 Å². The molecule has 0 radical (unpaired) electrons. The van der Waals surface area contributed by atoms with Gasteiger partial charge in [-0.1, -0.05) is 18.2 Å². The second-order valence-corrected chi connectivity index (χ2v) is 4.80. The van der Waals surface area contributed by atoms with Gasteiger partial charge in [0.2, 0.25) is 0 Å². The number of hydrogen-bond donors (Lipinski definition) is 2. The monoisotopic (exact) mass is 249 g/mol. The van der Waals surface area contributed by atoms with Gasteiger partial charge in [-0.3, -0.25) is 4.79 Å². The Bertz CT molecular complexity index is 441. The Balaban J connectivity index is 1.70. The summed E-state index contributed by atoms with van der Waals surface area (Å²) in [5.74, 6) is 0.581. The molecule has 1 aromatic carbocycles. The van der Waals surface area contributed by atoms with Crippen molar-refractivity contribution in [3.63, 3.8) is 0 Å². The molecule has 3 unspecified atom stereocenters. The minimum absolute atomic E-state index is 0.165. The van der Waals surface area contributed by atoms with Crippen LogP contribution in [-0.4, -0.2) is 52.4 Å². The topological polar surface area (TPSA) is 70.0 Å². The number of para-hydroxylation sites is 1. The minimum atomic E-state index is -0.849. The van der Waals surface area contributed by atoms with Gasteiger partial charge in [0.25, 0.3) is 5.91 Å². The third-order valence-electron chi connectivity index (χ3n) is 3.49. The van der Waals surface area contributed by atoms with Crippen LogP contribution in [-0.2, 0) is 11.2 Å². The molecule has 1 aromatic rings. The van der Waals surface area contributed by atoms with E-state index in [-0.39, 0.29) is 19.0 Å². The molecule has 0 bridgehead atoms. The predicted molar refractivity (Wildman–Crippen MR) is 63.2 cm³/mol. The summed E-state index contributed by atoms with van der Waals surface area (Å²) < 4.78 is 5.60. The molecule has 1 saturated heterocycles. The quantitative estimate of drug-likeness (QED) is 0.707. The summed E-state index contributed by atoms with van der Waals surface area (Å²) in [6.45, 7) is 0.354. The number of carbonyl (C=O) groups is 1. The van der Waals surface area contributed by atoms with Crippen molar-refractivity contribution in [3.8, 4) is 5.75 Å². The predicted octanol–water partition coefficient (Wildman–Crippen LogP) is -0.446. The van der Waals surface area contributed by atoms with Crippen LogP contribution in [0.3, 0.4) is 0 Å². The number of amides is 1. The molecule has 0 aromatic heterocycles. The van der Waals surface area contributed by atoms with Gasteiger partial charge in [0.1, 0.15) is 5.75 Å². The minimum Gasteiger partial charge on any atom is -0.480 e. The molecule has 0 saturated carbocycles. The number of nitrogens with zero attached hydrogens (tertiary/aromatic N) is 1. The molecule has 1 amide bonds. The van der Waals surface area contributed by atoms with E-state index in [4.69, 9.17) is 4.74 Å². The summed E-state index contributed by atoms with van der Waals surface area (Å²) in [6, 6.07) is 7.57. The lowest BCUT2D eigenvalue weighted by Gasteiger charge is -2.19. The Hall–Kier alpha value is -1.59. The van der Waals surface area contributed by atoms with E-state index in [9.17, 15) is 15.0 Å². The second kappa shape index (κ2) is 4.26. The van der Waals surface area contributed by atoms with Crippen LogP contribution in [0.15, 0.2) is 24.3 Å². The fourth-order valence-corrected chi connectivity index (χ4v) is 2.47. The zero-order chi connectivity index (χ0) is 12.7. The third-order valence-corrected chi connectivity index (χ3v) is 3.49. The molecular weight excluding hydrogens is 234 g/mol. The molecule has 3 atom stereocenters. The maximum absolute atomic E-state index is 12.2. The number of β-amino-alcohol motifs (C(OH)–C–C–N with tert-alkyl or cyclic N) is 2. The zero-order valence-electron chi connectivity index (χ0n) is 9.82. The Kier molecular flexibility index (Phi) is 2.72. The average Bonchev–Trinajstić information content (AvgIpc) is 2.93. The largest absolute Gasteiger partial charge is 0.480 e. The SMILES string of the molecule is O=C(C1Cc2ccccc2O1)N1CC(O)C(O)C1. The molecule has 2 aliphatic rings. The van der Waals surface area contributed by atoms with Crippen molar-refractivity contribution in [1.29, 1.82) is 0 Å². The summed E-state index contributed by atoms with van der Waals surface area (Å²) in [5, 5.41) is 18.9. The number of fused-ring (bicyclic) bond motifs is 1. The van der Waals surface area contributed by atoms with Crippen LogP contribution in [0.25, 0.3) is 0 Å². The van der Waals surface area contributed by atoms with Crippen molar-refractivity contribution in [2.75, 3.05) is 13.1 Å². The first-order valence-corrected chi connectivity index (χ1v) is 6.04. The van der Waals surface area contributed by atoms with E-state index in [2.05, 4.69) is 0 Å². The van der Waals surface area contributed by atoms with E-state index in [1.807, 2.05) is 24.3 Å². The highest BCUT2D eigenvalue weighted by molar-refractivity contribution is 5.83. The van der Waals surface area contributed by atoms with Gasteiger partial charge in [0.15, 0.2) is 6.10 Å². The van der Waals surface area contributed by atoms with Crippen LogP contribution in [0.5, 0.6) is 5.75 Å². The Labute approximate surface area is 105 Å². The maximum Gasteiger partial charge on any atom is 0.264 e. The summed E-state index contributed by atoms with van der Waals surface area (Å²) in [5.41, 5.74) is 1.02. The lowest BCUT2D eigenvalue weighted by atomic mass is 10.1. The fourth-order valence-electron chi connectivity index (χ4n) is 2.47. The van der Waals surface area contributed by atoms with Gasteiger partial charge in [-0.15, -0.1) is 0 Å². The van der Waals surface area contributed by atoms with Gasteiger partial charge in [-0.25, -0.2) is 0 Å². The molecule has 0 spiro atoms. The molecule has 0 aliphatic carbocycles. The molecule has 2 N–H and O–H groups in total. The van der Waals surface area contributed by atoms with Crippen LogP contribution in [0.1, 0.15) is 5.56 Å². The van der Waals surface area contributed by atoms with E-state index in [0.717, 1.165) is 11.3 Å². The fraction of sp³-hybridized carbons (Fsp3) is 0.462. The van der Waals surface area contributed by atoms with Gasteiger partial charge >= 0.3 is 0 Å². The lowest BCUT2D eigenvalue weighted by Crippen LogP contribution is -2.40. The molecule has 3 rings (SSSR count). The van der Waals surface area contributed by atoms with E-state index >= 15 is 0 Å². The Morgan fingerprint density at radius 3 is 2.56 bits per heavy atom. The van der Waals surface area contributed by atoms with Gasteiger partial charge in [0, 0.05) is 19.5 Å². The van der Waals surface area contributed by atoms with E-state index in [1.54, 1.807) is 0 Å². The van der Waals surface area contributed by atoms with Crippen LogP contribution in [0.4, 0.5) is 0 Å². The highest BCUT2D eigenvalue weighted by Gasteiger charge is 2.38.